The third kappa shape index (κ3) is 33.3. The van der Waals surface area contributed by atoms with Crippen molar-refractivity contribution in [3.63, 3.8) is 0 Å². The van der Waals surface area contributed by atoms with Crippen molar-refractivity contribution < 1.29 is 27.6 Å². The summed E-state index contributed by atoms with van der Waals surface area (Å²) in [5.74, 6) is -1.19. The number of unbranched alkanes of at least 4 members (excludes halogenated alkanes) is 15. The second kappa shape index (κ2) is 30.7. The van der Waals surface area contributed by atoms with Crippen LogP contribution in [0, 0.1) is 0 Å². The second-order valence-corrected chi connectivity index (χ2v) is 13.9. The van der Waals surface area contributed by atoms with Gasteiger partial charge in [0.1, 0.15) is 6.10 Å². The average molecular weight is 653 g/mol. The number of aliphatic imine (C=N–C) groups is 1. The molecule has 0 bridgehead atoms. The molecule has 0 unspecified atom stereocenters. The number of ether oxygens (including phenoxy) is 1. The van der Waals surface area contributed by atoms with Gasteiger partial charge in [-0.2, -0.15) is 8.42 Å². The summed E-state index contributed by atoms with van der Waals surface area (Å²) in [6, 6.07) is 0. The maximum atomic E-state index is 12.3. The number of carbonyl (C=O) groups excluding carboxylic acids is 1. The Kier molecular flexibility index (Phi) is 29.4. The van der Waals surface area contributed by atoms with Crippen molar-refractivity contribution >= 4 is 22.0 Å². The molecular formula is C37H66NO6S-. The van der Waals surface area contributed by atoms with Crippen LogP contribution in [-0.2, 0) is 19.6 Å². The number of hydrogen-bond acceptors (Lipinski definition) is 6. The SMILES string of the molecule is CCCCCCCCCCCCCC/C=C\CC/C=C\CCCC(=O)O[C@H](CC)CCCC/C(C)=C\C([O-])=NCCS(=O)(=O)O. The zero-order valence-corrected chi connectivity index (χ0v) is 29.8. The average Bonchev–Trinajstić information content (AvgIpc) is 2.98. The van der Waals surface area contributed by atoms with Crippen molar-refractivity contribution in [1.29, 1.82) is 0 Å². The molecule has 0 rings (SSSR count). The van der Waals surface area contributed by atoms with Crippen molar-refractivity contribution in [3.8, 4) is 0 Å². The van der Waals surface area contributed by atoms with Gasteiger partial charge in [0.05, 0.1) is 12.3 Å². The van der Waals surface area contributed by atoms with E-state index >= 15 is 0 Å². The van der Waals surface area contributed by atoms with E-state index in [1.807, 2.05) is 13.8 Å². The Morgan fingerprint density at radius 3 is 1.84 bits per heavy atom. The summed E-state index contributed by atoms with van der Waals surface area (Å²) in [5, 5.41) is 11.7. The van der Waals surface area contributed by atoms with E-state index in [9.17, 15) is 18.3 Å². The van der Waals surface area contributed by atoms with Crippen molar-refractivity contribution in [3.05, 3.63) is 36.0 Å². The van der Waals surface area contributed by atoms with Crippen molar-refractivity contribution in [2.45, 2.75) is 175 Å². The van der Waals surface area contributed by atoms with Gasteiger partial charge in [0, 0.05) is 6.42 Å². The second-order valence-electron chi connectivity index (χ2n) is 12.4. The molecular weight excluding hydrogens is 586 g/mol. The number of carbonyl (C=O) groups is 1. The van der Waals surface area contributed by atoms with Gasteiger partial charge in [-0.3, -0.25) is 14.3 Å². The standard InChI is InChI=1S/C37H67NO6S/c1-4-6-7-8-9-10-11-12-13-14-15-16-17-18-19-20-21-22-23-24-25-30-37(40)44-35(5-2)29-27-26-28-34(3)33-36(39)38-31-32-45(41,42)43/h18-19,22-23,33,35H,4-17,20-21,24-32H2,1-3H3,(H,38,39)(H,41,42,43)/p-1/b19-18-,23-22-,34-33-/t35-/m1/s1. The Morgan fingerprint density at radius 1 is 0.756 bits per heavy atom. The maximum Gasteiger partial charge on any atom is 0.306 e. The van der Waals surface area contributed by atoms with Crippen LogP contribution >= 0.6 is 0 Å². The summed E-state index contributed by atoms with van der Waals surface area (Å²) in [5.41, 5.74) is 0.861. The van der Waals surface area contributed by atoms with Gasteiger partial charge < -0.3 is 9.84 Å². The van der Waals surface area contributed by atoms with Crippen LogP contribution < -0.4 is 5.11 Å². The van der Waals surface area contributed by atoms with Crippen LogP contribution in [0.2, 0.25) is 0 Å². The smallest absolute Gasteiger partial charge is 0.306 e. The highest BCUT2D eigenvalue weighted by molar-refractivity contribution is 7.85. The first-order valence-electron chi connectivity index (χ1n) is 18.0. The van der Waals surface area contributed by atoms with E-state index < -0.39 is 21.8 Å². The highest BCUT2D eigenvalue weighted by Crippen LogP contribution is 2.15. The Balaban J connectivity index is 3.75. The number of hydrogen-bond donors (Lipinski definition) is 1. The Labute approximate surface area is 276 Å². The molecule has 1 atom stereocenters. The molecule has 45 heavy (non-hydrogen) atoms. The summed E-state index contributed by atoms with van der Waals surface area (Å²) < 4.78 is 35.7. The minimum absolute atomic E-state index is 0.0870. The van der Waals surface area contributed by atoms with E-state index in [-0.39, 0.29) is 18.6 Å². The lowest BCUT2D eigenvalue weighted by molar-refractivity contribution is -0.212. The van der Waals surface area contributed by atoms with E-state index in [0.29, 0.717) is 12.8 Å². The molecule has 8 heteroatoms. The molecule has 0 heterocycles. The molecule has 0 aromatic heterocycles. The predicted molar refractivity (Wildman–Crippen MR) is 188 cm³/mol. The lowest BCUT2D eigenvalue weighted by atomic mass is 10.0. The van der Waals surface area contributed by atoms with E-state index in [4.69, 9.17) is 9.29 Å². The highest BCUT2D eigenvalue weighted by atomic mass is 32.2. The Hall–Kier alpha value is -1.93. The van der Waals surface area contributed by atoms with Gasteiger partial charge in [-0.05, 0) is 83.5 Å². The largest absolute Gasteiger partial charge is 0.859 e. The Morgan fingerprint density at radius 2 is 1.29 bits per heavy atom. The molecule has 1 N–H and O–H groups in total. The number of esters is 1. The van der Waals surface area contributed by atoms with E-state index in [0.717, 1.165) is 56.9 Å². The number of nitrogens with zero attached hydrogens (tertiary/aromatic N) is 1. The summed E-state index contributed by atoms with van der Waals surface area (Å²) in [7, 11) is -4.11. The lowest BCUT2D eigenvalue weighted by Crippen LogP contribution is -2.18. The molecule has 262 valence electrons. The summed E-state index contributed by atoms with van der Waals surface area (Å²) in [6.07, 6.45) is 36.5. The molecule has 0 spiro atoms. The number of allylic oxidation sites excluding steroid dienone is 5. The fourth-order valence-electron chi connectivity index (χ4n) is 5.10. The molecule has 0 fully saturated rings. The molecule has 0 aliphatic carbocycles. The van der Waals surface area contributed by atoms with Crippen LogP contribution in [0.5, 0.6) is 0 Å². The van der Waals surface area contributed by atoms with Crippen LogP contribution in [0.3, 0.4) is 0 Å². The monoisotopic (exact) mass is 652 g/mol. The van der Waals surface area contributed by atoms with Crippen LogP contribution in [0.25, 0.3) is 0 Å². The number of rotatable bonds is 31. The van der Waals surface area contributed by atoms with Gasteiger partial charge >= 0.3 is 5.97 Å². The molecule has 0 aromatic rings. The van der Waals surface area contributed by atoms with E-state index in [1.54, 1.807) is 0 Å². The van der Waals surface area contributed by atoms with E-state index in [2.05, 4.69) is 36.2 Å². The quantitative estimate of drug-likeness (QED) is 0.0199. The fraction of sp³-hybridized carbons (Fsp3) is 0.784. The van der Waals surface area contributed by atoms with Crippen molar-refractivity contribution in [2.75, 3.05) is 12.3 Å². The van der Waals surface area contributed by atoms with Crippen LogP contribution in [-0.4, -0.2) is 43.2 Å². The molecule has 7 nitrogen and oxygen atoms in total. The van der Waals surface area contributed by atoms with Gasteiger partial charge in [-0.25, -0.2) is 0 Å². The molecule has 0 aromatic carbocycles. The zero-order valence-electron chi connectivity index (χ0n) is 29.0. The summed E-state index contributed by atoms with van der Waals surface area (Å²) >= 11 is 0. The van der Waals surface area contributed by atoms with Crippen molar-refractivity contribution in [1.82, 2.24) is 0 Å². The maximum absolute atomic E-state index is 12.3. The minimum Gasteiger partial charge on any atom is -0.859 e. The molecule has 0 saturated heterocycles. The van der Waals surface area contributed by atoms with Crippen molar-refractivity contribution in [2.24, 2.45) is 4.99 Å². The van der Waals surface area contributed by atoms with Crippen LogP contribution in [0.15, 0.2) is 40.9 Å². The van der Waals surface area contributed by atoms with Gasteiger partial charge in [0.2, 0.25) is 0 Å². The Bertz CT molecular complexity index is 939. The summed E-state index contributed by atoms with van der Waals surface area (Å²) in [6.45, 7) is 5.88. The predicted octanol–water partition coefficient (Wildman–Crippen LogP) is 9.62. The molecule has 0 aliphatic heterocycles. The molecule has 0 amide bonds. The fourth-order valence-corrected chi connectivity index (χ4v) is 5.42. The van der Waals surface area contributed by atoms with Gasteiger partial charge in [-0.15, -0.1) is 0 Å². The topological polar surface area (TPSA) is 116 Å². The third-order valence-electron chi connectivity index (χ3n) is 7.90. The first kappa shape index (κ1) is 43.1. The normalized spacial score (nSPS) is 13.7. The summed E-state index contributed by atoms with van der Waals surface area (Å²) in [4.78, 5) is 15.9. The van der Waals surface area contributed by atoms with Crippen LogP contribution in [0.4, 0.5) is 0 Å². The third-order valence-corrected chi connectivity index (χ3v) is 8.60. The van der Waals surface area contributed by atoms with Gasteiger partial charge in [0.15, 0.2) is 0 Å². The van der Waals surface area contributed by atoms with E-state index in [1.165, 1.54) is 89.5 Å². The minimum atomic E-state index is -4.11. The highest BCUT2D eigenvalue weighted by Gasteiger charge is 2.12. The molecule has 0 saturated carbocycles. The zero-order chi connectivity index (χ0) is 33.4. The first-order chi connectivity index (χ1) is 21.7. The lowest BCUT2D eigenvalue weighted by Gasteiger charge is -2.16. The van der Waals surface area contributed by atoms with Gasteiger partial charge in [-0.1, -0.05) is 120 Å². The van der Waals surface area contributed by atoms with Gasteiger partial charge in [0.25, 0.3) is 10.1 Å². The van der Waals surface area contributed by atoms with Crippen LogP contribution in [0.1, 0.15) is 168 Å². The first-order valence-corrected chi connectivity index (χ1v) is 19.6. The molecule has 0 aliphatic rings. The molecule has 0 radical (unpaired) electrons.